The van der Waals surface area contributed by atoms with Crippen molar-refractivity contribution in [2.45, 2.75) is 32.1 Å². The molecular weight excluding hydrogens is 430 g/mol. The number of hydrogen-bond donors (Lipinski definition) is 3. The van der Waals surface area contributed by atoms with Crippen LogP contribution in [-0.4, -0.2) is 43.4 Å². The van der Waals surface area contributed by atoms with E-state index in [0.29, 0.717) is 28.8 Å². The maximum atomic E-state index is 12.4. The normalized spacial score (nSPS) is 10.6. The van der Waals surface area contributed by atoms with Gasteiger partial charge in [0.2, 0.25) is 5.91 Å². The number of aromatic carboxylic acids is 1. The molecule has 166 valence electrons. The Morgan fingerprint density at radius 2 is 1.88 bits per heavy atom. The van der Waals surface area contributed by atoms with Crippen LogP contribution in [0.5, 0.6) is 0 Å². The Labute approximate surface area is 189 Å². The third-order valence-electron chi connectivity index (χ3n) is 4.63. The van der Waals surface area contributed by atoms with Gasteiger partial charge in [-0.05, 0) is 43.7 Å². The highest BCUT2D eigenvalue weighted by atomic mass is 32.2. The highest BCUT2D eigenvalue weighted by Gasteiger charge is 2.15. The Hall–Kier alpha value is -3.66. The molecule has 0 spiro atoms. The van der Waals surface area contributed by atoms with Gasteiger partial charge in [-0.2, -0.15) is 0 Å². The first kappa shape index (κ1) is 23.0. The number of carboxylic acid groups (broad SMARTS) is 1. The summed E-state index contributed by atoms with van der Waals surface area (Å²) in [5.41, 5.74) is 2.00. The first-order chi connectivity index (χ1) is 15.4. The summed E-state index contributed by atoms with van der Waals surface area (Å²) in [6, 6.07) is 13.4. The van der Waals surface area contributed by atoms with Crippen molar-refractivity contribution >= 4 is 35.2 Å². The number of hydrogen-bond acceptors (Lipinski definition) is 6. The lowest BCUT2D eigenvalue weighted by molar-refractivity contribution is -0.113. The number of carbonyl (C=O) groups is 3. The molecule has 32 heavy (non-hydrogen) atoms. The second-order valence-corrected chi connectivity index (χ2v) is 7.81. The van der Waals surface area contributed by atoms with Crippen LogP contribution in [0.25, 0.3) is 0 Å². The number of amides is 2. The Bertz CT molecular complexity index is 1140. The van der Waals surface area contributed by atoms with Gasteiger partial charge in [-0.15, -0.1) is 10.2 Å². The second kappa shape index (κ2) is 10.6. The van der Waals surface area contributed by atoms with E-state index in [9.17, 15) is 14.4 Å². The molecule has 10 heteroatoms. The van der Waals surface area contributed by atoms with Gasteiger partial charge in [0.1, 0.15) is 0 Å². The van der Waals surface area contributed by atoms with Crippen LogP contribution in [0.15, 0.2) is 53.7 Å². The monoisotopic (exact) mass is 453 g/mol. The molecular formula is C22H23N5O4S. The van der Waals surface area contributed by atoms with E-state index in [1.54, 1.807) is 18.2 Å². The van der Waals surface area contributed by atoms with E-state index >= 15 is 0 Å². The van der Waals surface area contributed by atoms with Gasteiger partial charge >= 0.3 is 5.97 Å². The molecule has 0 aliphatic rings. The number of carbonyl (C=O) groups excluding carboxylic acids is 2. The molecule has 0 saturated carbocycles. The lowest BCUT2D eigenvalue weighted by Crippen LogP contribution is -2.25. The number of carboxylic acids is 1. The highest BCUT2D eigenvalue weighted by molar-refractivity contribution is 7.99. The average molecular weight is 454 g/mol. The molecule has 0 aliphatic heterocycles. The van der Waals surface area contributed by atoms with E-state index in [0.717, 1.165) is 5.56 Å². The summed E-state index contributed by atoms with van der Waals surface area (Å²) in [7, 11) is 0. The van der Waals surface area contributed by atoms with Gasteiger partial charge in [0.25, 0.3) is 5.91 Å². The van der Waals surface area contributed by atoms with E-state index in [1.165, 1.54) is 23.9 Å². The molecule has 0 unspecified atom stereocenters. The minimum Gasteiger partial charge on any atom is -0.478 e. The van der Waals surface area contributed by atoms with Crippen LogP contribution >= 0.6 is 11.8 Å². The summed E-state index contributed by atoms with van der Waals surface area (Å²) in [6.07, 6.45) is 0. The maximum Gasteiger partial charge on any atom is 0.335 e. The standard InChI is InChI=1S/C22H23N5O4S/c1-3-27-18(12-23-20(29)17-10-5-4-7-14(17)2)25-26-22(27)32-13-19(28)24-16-9-6-8-15(11-16)21(30)31/h4-11H,3,12-13H2,1-2H3,(H,23,29)(H,24,28)(H,30,31). The molecule has 0 saturated heterocycles. The minimum absolute atomic E-state index is 0.0744. The van der Waals surface area contributed by atoms with Gasteiger partial charge in [0, 0.05) is 17.8 Å². The summed E-state index contributed by atoms with van der Waals surface area (Å²) in [6.45, 7) is 4.59. The molecule has 0 radical (unpaired) electrons. The van der Waals surface area contributed by atoms with Crippen LogP contribution in [0.2, 0.25) is 0 Å². The Kier molecular flexibility index (Phi) is 7.61. The zero-order valence-corrected chi connectivity index (χ0v) is 18.5. The third-order valence-corrected chi connectivity index (χ3v) is 5.60. The molecule has 0 fully saturated rings. The van der Waals surface area contributed by atoms with E-state index in [-0.39, 0.29) is 29.7 Å². The second-order valence-electron chi connectivity index (χ2n) is 6.86. The molecule has 2 amide bonds. The van der Waals surface area contributed by atoms with Gasteiger partial charge in [-0.25, -0.2) is 4.79 Å². The van der Waals surface area contributed by atoms with Gasteiger partial charge in [-0.1, -0.05) is 36.0 Å². The van der Waals surface area contributed by atoms with Crippen molar-refractivity contribution in [2.75, 3.05) is 11.1 Å². The first-order valence-corrected chi connectivity index (χ1v) is 10.9. The number of rotatable bonds is 9. The summed E-state index contributed by atoms with van der Waals surface area (Å²) >= 11 is 1.21. The molecule has 2 aromatic carbocycles. The molecule has 3 N–H and O–H groups in total. The number of nitrogens with zero attached hydrogens (tertiary/aromatic N) is 3. The molecule has 0 aliphatic carbocycles. The lowest BCUT2D eigenvalue weighted by atomic mass is 10.1. The minimum atomic E-state index is -1.06. The van der Waals surface area contributed by atoms with E-state index in [4.69, 9.17) is 5.11 Å². The number of anilines is 1. The van der Waals surface area contributed by atoms with E-state index < -0.39 is 5.97 Å². The number of benzene rings is 2. The van der Waals surface area contributed by atoms with Gasteiger partial charge < -0.3 is 20.3 Å². The van der Waals surface area contributed by atoms with Crippen molar-refractivity contribution in [1.29, 1.82) is 0 Å². The number of thioether (sulfide) groups is 1. The number of nitrogens with one attached hydrogen (secondary N) is 2. The van der Waals surface area contributed by atoms with Gasteiger partial charge in [0.15, 0.2) is 11.0 Å². The Morgan fingerprint density at radius 1 is 1.09 bits per heavy atom. The largest absolute Gasteiger partial charge is 0.478 e. The Morgan fingerprint density at radius 3 is 2.59 bits per heavy atom. The molecule has 1 aromatic heterocycles. The zero-order chi connectivity index (χ0) is 23.1. The zero-order valence-electron chi connectivity index (χ0n) is 17.7. The summed E-state index contributed by atoms with van der Waals surface area (Å²) in [5, 5.41) is 23.4. The molecule has 0 atom stereocenters. The Balaban J connectivity index is 1.58. The molecule has 3 rings (SSSR count). The molecule has 3 aromatic rings. The van der Waals surface area contributed by atoms with Crippen molar-refractivity contribution in [3.05, 3.63) is 71.0 Å². The SMILES string of the molecule is CCn1c(CNC(=O)c2ccccc2C)nnc1SCC(=O)Nc1cccc(C(=O)O)c1. The topological polar surface area (TPSA) is 126 Å². The van der Waals surface area contributed by atoms with E-state index in [1.807, 2.05) is 36.6 Å². The smallest absolute Gasteiger partial charge is 0.335 e. The summed E-state index contributed by atoms with van der Waals surface area (Å²) in [5.74, 6) is -0.881. The fourth-order valence-electron chi connectivity index (χ4n) is 3.01. The maximum absolute atomic E-state index is 12.4. The van der Waals surface area contributed by atoms with Gasteiger partial charge in [-0.3, -0.25) is 9.59 Å². The van der Waals surface area contributed by atoms with E-state index in [2.05, 4.69) is 20.8 Å². The fraction of sp³-hybridized carbons (Fsp3) is 0.227. The molecule has 0 bridgehead atoms. The average Bonchev–Trinajstić information content (AvgIpc) is 3.18. The van der Waals surface area contributed by atoms with Gasteiger partial charge in [0.05, 0.1) is 17.9 Å². The fourth-order valence-corrected chi connectivity index (χ4v) is 3.83. The molecule has 1 heterocycles. The quantitative estimate of drug-likeness (QED) is 0.425. The van der Waals surface area contributed by atoms with Crippen molar-refractivity contribution in [3.63, 3.8) is 0 Å². The van der Waals surface area contributed by atoms with Crippen molar-refractivity contribution in [1.82, 2.24) is 20.1 Å². The van der Waals surface area contributed by atoms with Crippen molar-refractivity contribution < 1.29 is 19.5 Å². The summed E-state index contributed by atoms with van der Waals surface area (Å²) < 4.78 is 1.83. The van der Waals surface area contributed by atoms with Crippen LogP contribution in [0.3, 0.4) is 0 Å². The highest BCUT2D eigenvalue weighted by Crippen LogP contribution is 2.18. The lowest BCUT2D eigenvalue weighted by Gasteiger charge is -2.10. The predicted molar refractivity (Wildman–Crippen MR) is 121 cm³/mol. The third kappa shape index (κ3) is 5.73. The number of aryl methyl sites for hydroxylation is 1. The first-order valence-electron chi connectivity index (χ1n) is 9.91. The molecule has 9 nitrogen and oxygen atoms in total. The summed E-state index contributed by atoms with van der Waals surface area (Å²) in [4.78, 5) is 35.8. The van der Waals surface area contributed by atoms with Crippen molar-refractivity contribution in [3.8, 4) is 0 Å². The van der Waals surface area contributed by atoms with Crippen molar-refractivity contribution in [2.24, 2.45) is 0 Å². The number of aromatic nitrogens is 3. The van der Waals surface area contributed by atoms with Crippen LogP contribution in [-0.2, 0) is 17.9 Å². The van der Waals surface area contributed by atoms with Crippen LogP contribution in [0.4, 0.5) is 5.69 Å². The predicted octanol–water partition coefficient (Wildman–Crippen LogP) is 2.97. The van der Waals surface area contributed by atoms with Crippen LogP contribution < -0.4 is 10.6 Å². The van der Waals surface area contributed by atoms with Crippen LogP contribution in [0, 0.1) is 6.92 Å². The van der Waals surface area contributed by atoms with Crippen LogP contribution in [0.1, 0.15) is 39.0 Å².